The number of nitrogens with zero attached hydrogens (tertiary/aromatic N) is 1. The summed E-state index contributed by atoms with van der Waals surface area (Å²) in [5, 5.41) is 8.40. The van der Waals surface area contributed by atoms with Crippen LogP contribution in [0.3, 0.4) is 0 Å². The third kappa shape index (κ3) is 1.69. The van der Waals surface area contributed by atoms with Crippen LogP contribution in [0.15, 0.2) is 0 Å². The molecule has 0 amide bonds. The Hall–Kier alpha value is -0.550. The van der Waals surface area contributed by atoms with Crippen molar-refractivity contribution in [2.75, 3.05) is 5.88 Å². The Bertz CT molecular complexity index is 161. The Labute approximate surface area is 59.4 Å². The molecule has 0 fully saturated rings. The van der Waals surface area contributed by atoms with Crippen molar-refractivity contribution in [2.24, 2.45) is 5.41 Å². The largest absolute Gasteiger partial charge is 0.298 e. The van der Waals surface area contributed by atoms with Crippen LogP contribution in [0.5, 0.6) is 0 Å². The second kappa shape index (κ2) is 2.84. The molecule has 0 aromatic rings. The third-order valence-electron chi connectivity index (χ3n) is 1.29. The highest BCUT2D eigenvalue weighted by atomic mass is 35.5. The molecule has 0 rings (SSSR count). The lowest BCUT2D eigenvalue weighted by atomic mass is 9.91. The van der Waals surface area contributed by atoms with Gasteiger partial charge in [0.15, 0.2) is 5.78 Å². The molecule has 0 aliphatic carbocycles. The van der Waals surface area contributed by atoms with Gasteiger partial charge in [-0.25, -0.2) is 0 Å². The molecule has 1 atom stereocenters. The number of hydrogen-bond donors (Lipinski definition) is 0. The molecule has 3 heteroatoms. The highest BCUT2D eigenvalue weighted by molar-refractivity contribution is 6.20. The SMILES string of the molecule is CC(=O)C(C)(C#N)CCl. The van der Waals surface area contributed by atoms with E-state index in [0.717, 1.165) is 0 Å². The standard InChI is InChI=1S/C6H8ClNO/c1-5(9)6(2,3-7)4-8/h3H2,1-2H3. The summed E-state index contributed by atoms with van der Waals surface area (Å²) in [6.07, 6.45) is 0. The molecule has 0 spiro atoms. The fourth-order valence-electron chi connectivity index (χ4n) is 0.203. The molecule has 0 heterocycles. The molecule has 0 bridgehead atoms. The monoisotopic (exact) mass is 145 g/mol. The van der Waals surface area contributed by atoms with Gasteiger partial charge in [0, 0.05) is 5.88 Å². The summed E-state index contributed by atoms with van der Waals surface area (Å²) in [6, 6.07) is 1.85. The summed E-state index contributed by atoms with van der Waals surface area (Å²) in [7, 11) is 0. The molecule has 9 heavy (non-hydrogen) atoms. The van der Waals surface area contributed by atoms with E-state index in [1.165, 1.54) is 13.8 Å². The van der Waals surface area contributed by atoms with E-state index in [0.29, 0.717) is 0 Å². The molecule has 0 aliphatic heterocycles. The van der Waals surface area contributed by atoms with E-state index in [4.69, 9.17) is 16.9 Å². The minimum Gasteiger partial charge on any atom is -0.298 e. The Morgan fingerprint density at radius 2 is 2.33 bits per heavy atom. The second-order valence-electron chi connectivity index (χ2n) is 2.13. The summed E-state index contributed by atoms with van der Waals surface area (Å²) in [5.74, 6) is -0.112. The van der Waals surface area contributed by atoms with E-state index in [9.17, 15) is 4.79 Å². The lowest BCUT2D eigenvalue weighted by Crippen LogP contribution is -2.24. The van der Waals surface area contributed by atoms with Crippen LogP contribution >= 0.6 is 11.6 Å². The average molecular weight is 146 g/mol. The topological polar surface area (TPSA) is 40.9 Å². The van der Waals surface area contributed by atoms with Crippen LogP contribution in [0.2, 0.25) is 0 Å². The van der Waals surface area contributed by atoms with Gasteiger partial charge in [-0.1, -0.05) is 0 Å². The maximum atomic E-state index is 10.6. The van der Waals surface area contributed by atoms with Gasteiger partial charge < -0.3 is 0 Å². The zero-order chi connectivity index (χ0) is 7.49. The molecule has 0 saturated heterocycles. The van der Waals surface area contributed by atoms with Crippen molar-refractivity contribution in [3.05, 3.63) is 0 Å². The van der Waals surface area contributed by atoms with E-state index in [1.54, 1.807) is 0 Å². The van der Waals surface area contributed by atoms with Gasteiger partial charge in [-0.3, -0.25) is 4.79 Å². The normalized spacial score (nSPS) is 15.8. The summed E-state index contributed by atoms with van der Waals surface area (Å²) >= 11 is 5.36. The van der Waals surface area contributed by atoms with Crippen molar-refractivity contribution in [3.8, 4) is 6.07 Å². The maximum absolute atomic E-state index is 10.6. The fourth-order valence-corrected chi connectivity index (χ4v) is 0.451. The summed E-state index contributed by atoms with van der Waals surface area (Å²) in [4.78, 5) is 10.6. The molecule has 0 aliphatic rings. The second-order valence-corrected chi connectivity index (χ2v) is 2.40. The van der Waals surface area contributed by atoms with Crippen LogP contribution in [0, 0.1) is 16.7 Å². The van der Waals surface area contributed by atoms with E-state index in [1.807, 2.05) is 6.07 Å². The minimum absolute atomic E-state index is 0.0683. The first-order valence-corrected chi connectivity index (χ1v) is 3.08. The van der Waals surface area contributed by atoms with Crippen molar-refractivity contribution in [3.63, 3.8) is 0 Å². The van der Waals surface area contributed by atoms with Gasteiger partial charge in [-0.15, -0.1) is 11.6 Å². The molecule has 0 saturated carbocycles. The first kappa shape index (κ1) is 8.45. The smallest absolute Gasteiger partial charge is 0.150 e. The first-order valence-electron chi connectivity index (χ1n) is 2.55. The molecule has 0 N–H and O–H groups in total. The number of carbonyl (C=O) groups is 1. The molecular weight excluding hydrogens is 138 g/mol. The number of rotatable bonds is 2. The van der Waals surface area contributed by atoms with Crippen LogP contribution in [0.1, 0.15) is 13.8 Å². The highest BCUT2D eigenvalue weighted by Crippen LogP contribution is 2.17. The number of carbonyl (C=O) groups excluding carboxylic acids is 1. The summed E-state index contributed by atoms with van der Waals surface area (Å²) < 4.78 is 0. The molecule has 2 nitrogen and oxygen atoms in total. The lowest BCUT2D eigenvalue weighted by molar-refractivity contribution is -0.122. The fraction of sp³-hybridized carbons (Fsp3) is 0.667. The van der Waals surface area contributed by atoms with Crippen LogP contribution in [-0.4, -0.2) is 11.7 Å². The van der Waals surface area contributed by atoms with Gasteiger partial charge in [0.05, 0.1) is 6.07 Å². The number of Topliss-reactive ketones (excluding diaryl/α,β-unsaturated/α-hetero) is 1. The summed E-state index contributed by atoms with van der Waals surface area (Å²) in [6.45, 7) is 2.90. The van der Waals surface area contributed by atoms with Gasteiger partial charge in [-0.05, 0) is 13.8 Å². The van der Waals surface area contributed by atoms with Crippen molar-refractivity contribution < 1.29 is 4.79 Å². The van der Waals surface area contributed by atoms with E-state index >= 15 is 0 Å². The zero-order valence-electron chi connectivity index (χ0n) is 5.44. The van der Waals surface area contributed by atoms with Crippen molar-refractivity contribution in [2.45, 2.75) is 13.8 Å². The third-order valence-corrected chi connectivity index (χ3v) is 1.83. The molecule has 0 aromatic carbocycles. The molecular formula is C6H8ClNO. The van der Waals surface area contributed by atoms with Gasteiger partial charge in [0.25, 0.3) is 0 Å². The number of alkyl halides is 1. The number of nitriles is 1. The van der Waals surface area contributed by atoms with Crippen molar-refractivity contribution in [1.29, 1.82) is 5.26 Å². The Balaban J connectivity index is 4.33. The maximum Gasteiger partial charge on any atom is 0.150 e. The first-order chi connectivity index (χ1) is 4.06. The molecule has 0 aromatic heterocycles. The Kier molecular flexibility index (Phi) is 2.66. The summed E-state index contributed by atoms with van der Waals surface area (Å²) in [5.41, 5.74) is -0.985. The van der Waals surface area contributed by atoms with Crippen molar-refractivity contribution >= 4 is 17.4 Å². The molecule has 50 valence electrons. The van der Waals surface area contributed by atoms with Gasteiger partial charge in [0.1, 0.15) is 5.41 Å². The van der Waals surface area contributed by atoms with Gasteiger partial charge >= 0.3 is 0 Å². The zero-order valence-corrected chi connectivity index (χ0v) is 6.20. The Morgan fingerprint density at radius 3 is 2.33 bits per heavy atom. The Morgan fingerprint density at radius 1 is 1.89 bits per heavy atom. The van der Waals surface area contributed by atoms with Crippen LogP contribution in [-0.2, 0) is 4.79 Å². The number of hydrogen-bond acceptors (Lipinski definition) is 2. The van der Waals surface area contributed by atoms with Gasteiger partial charge in [-0.2, -0.15) is 5.26 Å². The van der Waals surface area contributed by atoms with E-state index in [2.05, 4.69) is 0 Å². The van der Waals surface area contributed by atoms with E-state index < -0.39 is 5.41 Å². The predicted octanol–water partition coefficient (Wildman–Crippen LogP) is 1.34. The van der Waals surface area contributed by atoms with E-state index in [-0.39, 0.29) is 11.7 Å². The predicted molar refractivity (Wildman–Crippen MR) is 35.1 cm³/mol. The quantitative estimate of drug-likeness (QED) is 0.551. The number of halogens is 1. The average Bonchev–Trinajstić information content (AvgIpc) is 1.86. The van der Waals surface area contributed by atoms with Gasteiger partial charge in [0.2, 0.25) is 0 Å². The minimum atomic E-state index is -0.985. The molecule has 0 radical (unpaired) electrons. The van der Waals surface area contributed by atoms with Crippen LogP contribution < -0.4 is 0 Å². The van der Waals surface area contributed by atoms with Crippen LogP contribution in [0.4, 0.5) is 0 Å². The highest BCUT2D eigenvalue weighted by Gasteiger charge is 2.27. The molecule has 1 unspecified atom stereocenters. The number of ketones is 1. The van der Waals surface area contributed by atoms with Crippen molar-refractivity contribution in [1.82, 2.24) is 0 Å². The lowest BCUT2D eigenvalue weighted by Gasteiger charge is -2.11. The van der Waals surface area contributed by atoms with Crippen LogP contribution in [0.25, 0.3) is 0 Å².